The maximum absolute atomic E-state index is 13.6. The predicted molar refractivity (Wildman–Crippen MR) is 137 cm³/mol. The first-order valence-corrected chi connectivity index (χ1v) is 13.0. The van der Waals surface area contributed by atoms with Crippen molar-refractivity contribution in [2.75, 3.05) is 19.0 Å². The zero-order valence-corrected chi connectivity index (χ0v) is 20.4. The van der Waals surface area contributed by atoms with E-state index in [-0.39, 0.29) is 17.9 Å². The number of hydrogen-bond donors (Lipinski definition) is 1. The van der Waals surface area contributed by atoms with Crippen LogP contribution in [-0.4, -0.2) is 41.7 Å². The molecule has 35 heavy (non-hydrogen) atoms. The monoisotopic (exact) mass is 488 g/mol. The van der Waals surface area contributed by atoms with Gasteiger partial charge in [-0.2, -0.15) is 11.8 Å². The second kappa shape index (κ2) is 10.4. The number of benzene rings is 3. The third-order valence-corrected chi connectivity index (χ3v) is 7.43. The molecule has 0 unspecified atom stereocenters. The van der Waals surface area contributed by atoms with Crippen LogP contribution in [0.2, 0.25) is 0 Å². The van der Waals surface area contributed by atoms with E-state index in [1.165, 1.54) is 5.56 Å². The van der Waals surface area contributed by atoms with Gasteiger partial charge in [-0.1, -0.05) is 54.6 Å². The summed E-state index contributed by atoms with van der Waals surface area (Å²) in [6, 6.07) is 22.6. The second-order valence-electron chi connectivity index (χ2n) is 8.74. The largest absolute Gasteiger partial charge is 0.486 e. The molecular formula is C28H28N2O4S. The smallest absolute Gasteiger partial charge is 0.255 e. The number of amides is 2. The fourth-order valence-corrected chi connectivity index (χ4v) is 5.52. The van der Waals surface area contributed by atoms with Crippen LogP contribution in [0.15, 0.2) is 72.8 Å². The van der Waals surface area contributed by atoms with Crippen LogP contribution in [0.25, 0.3) is 0 Å². The molecule has 0 saturated carbocycles. The lowest BCUT2D eigenvalue weighted by molar-refractivity contribution is -0.125. The summed E-state index contributed by atoms with van der Waals surface area (Å²) >= 11 is 1.66. The van der Waals surface area contributed by atoms with Gasteiger partial charge in [0.2, 0.25) is 5.91 Å². The van der Waals surface area contributed by atoms with Crippen molar-refractivity contribution in [3.8, 4) is 11.5 Å². The van der Waals surface area contributed by atoms with Gasteiger partial charge in [0.1, 0.15) is 19.3 Å². The summed E-state index contributed by atoms with van der Waals surface area (Å²) < 4.78 is 11.3. The molecule has 5 rings (SSSR count). The molecule has 1 N–H and O–H groups in total. The summed E-state index contributed by atoms with van der Waals surface area (Å²) in [5, 5.41) is 3.13. The number of nitrogens with zero attached hydrogens (tertiary/aromatic N) is 1. The van der Waals surface area contributed by atoms with E-state index in [1.54, 1.807) is 16.7 Å². The van der Waals surface area contributed by atoms with Crippen molar-refractivity contribution >= 4 is 23.6 Å². The maximum Gasteiger partial charge on any atom is 0.255 e. The Hall–Kier alpha value is -3.45. The summed E-state index contributed by atoms with van der Waals surface area (Å²) in [6.45, 7) is 3.43. The summed E-state index contributed by atoms with van der Waals surface area (Å²) in [4.78, 5) is 28.5. The van der Waals surface area contributed by atoms with Crippen molar-refractivity contribution in [3.05, 3.63) is 95.1 Å². The van der Waals surface area contributed by atoms with Gasteiger partial charge in [0.25, 0.3) is 5.91 Å². The van der Waals surface area contributed by atoms with Crippen LogP contribution in [0.5, 0.6) is 11.5 Å². The van der Waals surface area contributed by atoms with Gasteiger partial charge in [-0.15, -0.1) is 0 Å². The lowest BCUT2D eigenvalue weighted by Gasteiger charge is -2.28. The molecule has 180 valence electrons. The van der Waals surface area contributed by atoms with E-state index >= 15 is 0 Å². The lowest BCUT2D eigenvalue weighted by atomic mass is 10.1. The molecule has 0 radical (unpaired) electrons. The van der Waals surface area contributed by atoms with Crippen LogP contribution in [0, 0.1) is 0 Å². The fraction of sp³-hybridized carbons (Fsp3) is 0.286. The number of carbonyl (C=O) groups is 2. The van der Waals surface area contributed by atoms with Crippen LogP contribution in [-0.2, 0) is 17.1 Å². The first-order chi connectivity index (χ1) is 17.1. The molecule has 0 fully saturated rings. The van der Waals surface area contributed by atoms with E-state index in [2.05, 4.69) is 17.4 Å². The normalized spacial score (nSPS) is 15.9. The van der Waals surface area contributed by atoms with E-state index in [9.17, 15) is 9.59 Å². The van der Waals surface area contributed by atoms with Crippen LogP contribution in [0.3, 0.4) is 0 Å². The number of hydrogen-bond acceptors (Lipinski definition) is 5. The average molecular weight is 489 g/mol. The molecule has 6 nitrogen and oxygen atoms in total. The standard InChI is InChI=1S/C28H28N2O4S/c1-19(21-11-12-25-26(15-21)34-14-13-33-25)29-27(31)24(18-35-17-20-7-3-2-4-8-20)30-16-22-9-5-6-10-23(22)28(30)32/h2-12,15,19,24H,13-14,16-18H2,1H3,(H,29,31)/t19-,24+/m0/s1. The van der Waals surface area contributed by atoms with Crippen LogP contribution >= 0.6 is 11.8 Å². The van der Waals surface area contributed by atoms with E-state index in [0.717, 1.165) is 16.9 Å². The fourth-order valence-electron chi connectivity index (χ4n) is 4.42. The van der Waals surface area contributed by atoms with Gasteiger partial charge in [-0.25, -0.2) is 0 Å². The Bertz CT molecular complexity index is 1220. The lowest BCUT2D eigenvalue weighted by Crippen LogP contribution is -2.49. The molecule has 2 aliphatic heterocycles. The van der Waals surface area contributed by atoms with Crippen LogP contribution in [0.1, 0.15) is 40.0 Å². The van der Waals surface area contributed by atoms with E-state index in [0.29, 0.717) is 42.6 Å². The van der Waals surface area contributed by atoms with Gasteiger partial charge < -0.3 is 19.7 Å². The third-order valence-electron chi connectivity index (χ3n) is 6.34. The van der Waals surface area contributed by atoms with E-state index < -0.39 is 6.04 Å². The molecule has 0 bridgehead atoms. The van der Waals surface area contributed by atoms with Gasteiger partial charge in [0, 0.05) is 23.6 Å². The van der Waals surface area contributed by atoms with Gasteiger partial charge in [-0.05, 0) is 41.8 Å². The average Bonchev–Trinajstić information content (AvgIpc) is 3.23. The zero-order valence-electron chi connectivity index (χ0n) is 19.6. The Labute approximate surface area is 209 Å². The quantitative estimate of drug-likeness (QED) is 0.502. The molecule has 0 saturated heterocycles. The molecule has 2 heterocycles. The molecule has 2 aliphatic rings. The Morgan fingerprint density at radius 1 is 1.00 bits per heavy atom. The highest BCUT2D eigenvalue weighted by Gasteiger charge is 2.36. The van der Waals surface area contributed by atoms with Crippen LogP contribution < -0.4 is 14.8 Å². The molecule has 3 aromatic carbocycles. The van der Waals surface area contributed by atoms with Gasteiger partial charge in [0.15, 0.2) is 11.5 Å². The molecule has 0 spiro atoms. The minimum absolute atomic E-state index is 0.0898. The van der Waals surface area contributed by atoms with Gasteiger partial charge >= 0.3 is 0 Å². The number of nitrogens with one attached hydrogen (secondary N) is 1. The highest BCUT2D eigenvalue weighted by atomic mass is 32.2. The molecule has 0 aliphatic carbocycles. The van der Waals surface area contributed by atoms with E-state index in [1.807, 2.05) is 67.6 Å². The Balaban J connectivity index is 1.31. The molecule has 2 amide bonds. The Morgan fingerprint density at radius 2 is 1.74 bits per heavy atom. The minimum atomic E-state index is -0.580. The number of fused-ring (bicyclic) bond motifs is 2. The maximum atomic E-state index is 13.6. The molecular weight excluding hydrogens is 460 g/mol. The Morgan fingerprint density at radius 3 is 2.54 bits per heavy atom. The van der Waals surface area contributed by atoms with Crippen LogP contribution in [0.4, 0.5) is 0 Å². The zero-order chi connectivity index (χ0) is 24.2. The molecule has 3 aromatic rings. The van der Waals surface area contributed by atoms with Gasteiger partial charge in [-0.3, -0.25) is 9.59 Å². The van der Waals surface area contributed by atoms with Crippen molar-refractivity contribution in [2.24, 2.45) is 0 Å². The predicted octanol–water partition coefficient (Wildman–Crippen LogP) is 4.59. The second-order valence-corrected chi connectivity index (χ2v) is 9.77. The minimum Gasteiger partial charge on any atom is -0.486 e. The number of carbonyl (C=O) groups excluding carboxylic acids is 2. The van der Waals surface area contributed by atoms with Gasteiger partial charge in [0.05, 0.1) is 6.04 Å². The Kier molecular flexibility index (Phi) is 6.95. The first-order valence-electron chi connectivity index (χ1n) is 11.8. The summed E-state index contributed by atoms with van der Waals surface area (Å²) in [5.74, 6) is 2.44. The van der Waals surface area contributed by atoms with E-state index in [4.69, 9.17) is 9.47 Å². The molecule has 0 aromatic heterocycles. The number of rotatable bonds is 8. The summed E-state index contributed by atoms with van der Waals surface area (Å²) in [5.41, 5.74) is 3.76. The van der Waals surface area contributed by atoms with Crippen molar-refractivity contribution in [1.29, 1.82) is 0 Å². The first kappa shape index (κ1) is 23.3. The summed E-state index contributed by atoms with van der Waals surface area (Å²) in [6.07, 6.45) is 0. The summed E-state index contributed by atoms with van der Waals surface area (Å²) in [7, 11) is 0. The van der Waals surface area contributed by atoms with Crippen molar-refractivity contribution in [3.63, 3.8) is 0 Å². The van der Waals surface area contributed by atoms with Crippen molar-refractivity contribution in [1.82, 2.24) is 10.2 Å². The van der Waals surface area contributed by atoms with Crippen molar-refractivity contribution in [2.45, 2.75) is 31.3 Å². The topological polar surface area (TPSA) is 67.9 Å². The molecule has 2 atom stereocenters. The molecule has 7 heteroatoms. The third kappa shape index (κ3) is 5.15. The number of ether oxygens (including phenoxy) is 2. The highest BCUT2D eigenvalue weighted by molar-refractivity contribution is 7.98. The highest BCUT2D eigenvalue weighted by Crippen LogP contribution is 2.33. The number of thioether (sulfide) groups is 1. The SMILES string of the molecule is C[C@H](NC(=O)[C@@H](CSCc1ccccc1)N1Cc2ccccc2C1=O)c1ccc2c(c1)OCCO2. The van der Waals surface area contributed by atoms with Crippen molar-refractivity contribution < 1.29 is 19.1 Å².